The molecule has 10 heteroatoms. The van der Waals surface area contributed by atoms with E-state index in [9.17, 15) is 14.9 Å². The normalized spacial score (nSPS) is 11.4. The number of aryl methyl sites for hydroxylation is 1. The zero-order valence-electron chi connectivity index (χ0n) is 14.5. The van der Waals surface area contributed by atoms with Crippen LogP contribution in [0.2, 0.25) is 0 Å². The number of nitrogens with one attached hydrogen (secondary N) is 2. The maximum Gasteiger partial charge on any atom is 0.433 e. The molecule has 0 saturated carbocycles. The van der Waals surface area contributed by atoms with Crippen LogP contribution in [0.1, 0.15) is 32.1 Å². The molecule has 25 heavy (non-hydrogen) atoms. The third-order valence-electron chi connectivity index (χ3n) is 3.08. The molecular weight excluding hydrogens is 330 g/mol. The average Bonchev–Trinajstić information content (AvgIpc) is 3.07. The Morgan fingerprint density at radius 3 is 2.72 bits per heavy atom. The number of aromatic nitrogens is 2. The monoisotopic (exact) mass is 351 g/mol. The number of hydrogen-bond acceptors (Lipinski definition) is 7. The van der Waals surface area contributed by atoms with Crippen LogP contribution in [0.25, 0.3) is 0 Å². The van der Waals surface area contributed by atoms with Crippen molar-refractivity contribution in [3.05, 3.63) is 39.8 Å². The summed E-state index contributed by atoms with van der Waals surface area (Å²) in [6.45, 7) is 6.02. The molecule has 0 atom stereocenters. The molecule has 0 fully saturated rings. The number of rotatable bonds is 6. The molecule has 136 valence electrons. The van der Waals surface area contributed by atoms with Crippen LogP contribution < -0.4 is 10.6 Å². The first kappa shape index (κ1) is 18.5. The number of carbonyl (C=O) groups excluding carboxylic acids is 1. The van der Waals surface area contributed by atoms with E-state index in [4.69, 9.17) is 9.15 Å². The number of furan rings is 1. The van der Waals surface area contributed by atoms with Crippen LogP contribution in [0.4, 0.5) is 16.5 Å². The van der Waals surface area contributed by atoms with E-state index in [2.05, 4.69) is 15.7 Å². The largest absolute Gasteiger partial charge is 0.444 e. The van der Waals surface area contributed by atoms with Crippen LogP contribution in [0.15, 0.2) is 22.7 Å². The molecule has 0 radical (unpaired) electrons. The van der Waals surface area contributed by atoms with Crippen LogP contribution >= 0.6 is 0 Å². The molecule has 0 bridgehead atoms. The highest BCUT2D eigenvalue weighted by molar-refractivity contribution is 5.84. The summed E-state index contributed by atoms with van der Waals surface area (Å²) in [5.74, 6) is 0.648. The summed E-state index contributed by atoms with van der Waals surface area (Å²) in [6, 6.07) is 2.84. The fraction of sp³-hybridized carbons (Fsp3) is 0.467. The van der Waals surface area contributed by atoms with Gasteiger partial charge in [0.05, 0.1) is 18.8 Å². The lowest BCUT2D eigenvalue weighted by Gasteiger charge is -2.20. The Bertz CT molecular complexity index is 759. The SMILES string of the molecule is Cn1ncc(CNCc2ccc([N+](=O)[O-])o2)c1NC(=O)OC(C)(C)C. The molecule has 0 unspecified atom stereocenters. The second-order valence-corrected chi connectivity index (χ2v) is 6.37. The summed E-state index contributed by atoms with van der Waals surface area (Å²) in [6.07, 6.45) is 1.05. The first-order valence-electron chi connectivity index (χ1n) is 7.60. The molecule has 0 aromatic carbocycles. The summed E-state index contributed by atoms with van der Waals surface area (Å²) < 4.78 is 11.8. The highest BCUT2D eigenvalue weighted by atomic mass is 16.6. The molecule has 10 nitrogen and oxygen atoms in total. The summed E-state index contributed by atoms with van der Waals surface area (Å²) in [7, 11) is 1.70. The molecule has 2 aromatic heterocycles. The van der Waals surface area contributed by atoms with Crippen molar-refractivity contribution in [2.24, 2.45) is 7.05 Å². The Kier molecular flexibility index (Phi) is 5.42. The van der Waals surface area contributed by atoms with Crippen molar-refractivity contribution in [3.8, 4) is 0 Å². The van der Waals surface area contributed by atoms with Crippen molar-refractivity contribution in [2.75, 3.05) is 5.32 Å². The van der Waals surface area contributed by atoms with Crippen LogP contribution in [0.3, 0.4) is 0 Å². The van der Waals surface area contributed by atoms with Gasteiger partial charge in [-0.2, -0.15) is 5.10 Å². The van der Waals surface area contributed by atoms with Crippen molar-refractivity contribution in [1.82, 2.24) is 15.1 Å². The van der Waals surface area contributed by atoms with Gasteiger partial charge in [0.15, 0.2) is 0 Å². The zero-order chi connectivity index (χ0) is 18.6. The van der Waals surface area contributed by atoms with Crippen molar-refractivity contribution >= 4 is 17.8 Å². The molecule has 0 aliphatic rings. The molecule has 2 aromatic rings. The van der Waals surface area contributed by atoms with Crippen molar-refractivity contribution < 1.29 is 18.9 Å². The fourth-order valence-corrected chi connectivity index (χ4v) is 2.05. The van der Waals surface area contributed by atoms with E-state index >= 15 is 0 Å². The summed E-state index contributed by atoms with van der Waals surface area (Å²) in [5, 5.41) is 20.5. The Labute approximate surface area is 144 Å². The van der Waals surface area contributed by atoms with Gasteiger partial charge >= 0.3 is 12.0 Å². The lowest BCUT2D eigenvalue weighted by Crippen LogP contribution is -2.28. The molecule has 2 heterocycles. The van der Waals surface area contributed by atoms with E-state index in [1.165, 1.54) is 16.8 Å². The standard InChI is InChI=1S/C15H21N5O5/c1-15(2,3)25-14(21)18-13-10(8-17-19(13)4)7-16-9-11-5-6-12(24-11)20(22)23/h5-6,8,16H,7,9H2,1-4H3,(H,18,21). The Hall–Kier alpha value is -2.88. The van der Waals surface area contributed by atoms with E-state index in [0.29, 0.717) is 24.7 Å². The number of carbonyl (C=O) groups is 1. The first-order chi connectivity index (χ1) is 11.7. The highest BCUT2D eigenvalue weighted by Gasteiger charge is 2.19. The van der Waals surface area contributed by atoms with Gasteiger partial charge in [-0.05, 0) is 26.8 Å². The van der Waals surface area contributed by atoms with Crippen LogP contribution in [0.5, 0.6) is 0 Å². The minimum Gasteiger partial charge on any atom is -0.444 e. The van der Waals surface area contributed by atoms with Crippen molar-refractivity contribution in [2.45, 2.75) is 39.5 Å². The van der Waals surface area contributed by atoms with E-state index < -0.39 is 16.6 Å². The molecule has 2 N–H and O–H groups in total. The van der Waals surface area contributed by atoms with Crippen LogP contribution in [0, 0.1) is 10.1 Å². The predicted octanol–water partition coefficient (Wildman–Crippen LogP) is 2.56. The van der Waals surface area contributed by atoms with Gasteiger partial charge in [-0.3, -0.25) is 20.1 Å². The Balaban J connectivity index is 1.94. The number of ether oxygens (including phenoxy) is 1. The maximum absolute atomic E-state index is 11.9. The van der Waals surface area contributed by atoms with E-state index in [0.717, 1.165) is 5.56 Å². The van der Waals surface area contributed by atoms with E-state index in [-0.39, 0.29) is 5.88 Å². The van der Waals surface area contributed by atoms with Gasteiger partial charge in [0.25, 0.3) is 0 Å². The summed E-state index contributed by atoms with van der Waals surface area (Å²) in [5.41, 5.74) is 0.143. The van der Waals surface area contributed by atoms with Crippen LogP contribution in [-0.2, 0) is 24.9 Å². The second-order valence-electron chi connectivity index (χ2n) is 6.37. The predicted molar refractivity (Wildman–Crippen MR) is 89.0 cm³/mol. The molecule has 0 spiro atoms. The van der Waals surface area contributed by atoms with Crippen molar-refractivity contribution in [3.63, 3.8) is 0 Å². The topological polar surface area (TPSA) is 124 Å². The zero-order valence-corrected chi connectivity index (χ0v) is 14.5. The summed E-state index contributed by atoms with van der Waals surface area (Å²) in [4.78, 5) is 21.9. The molecule has 2 rings (SSSR count). The molecule has 0 aliphatic carbocycles. The van der Waals surface area contributed by atoms with Gasteiger partial charge < -0.3 is 14.5 Å². The lowest BCUT2D eigenvalue weighted by molar-refractivity contribution is -0.402. The third-order valence-corrected chi connectivity index (χ3v) is 3.08. The Morgan fingerprint density at radius 1 is 1.40 bits per heavy atom. The second kappa shape index (κ2) is 7.34. The fourth-order valence-electron chi connectivity index (χ4n) is 2.05. The van der Waals surface area contributed by atoms with Crippen molar-refractivity contribution in [1.29, 1.82) is 0 Å². The molecule has 0 aliphatic heterocycles. The van der Waals surface area contributed by atoms with E-state index in [1.807, 2.05) is 0 Å². The number of hydrogen-bond donors (Lipinski definition) is 2. The van der Waals surface area contributed by atoms with Gasteiger partial charge in [-0.25, -0.2) is 4.79 Å². The first-order valence-corrected chi connectivity index (χ1v) is 7.60. The average molecular weight is 351 g/mol. The van der Waals surface area contributed by atoms with Gasteiger partial charge in [0, 0.05) is 19.2 Å². The minimum absolute atomic E-state index is 0.300. The molecule has 1 amide bonds. The third kappa shape index (κ3) is 5.31. The number of amides is 1. The van der Waals surface area contributed by atoms with Gasteiger partial charge in [-0.15, -0.1) is 0 Å². The number of nitro groups is 1. The van der Waals surface area contributed by atoms with Gasteiger partial charge in [0.2, 0.25) is 0 Å². The lowest BCUT2D eigenvalue weighted by atomic mass is 10.2. The van der Waals surface area contributed by atoms with Gasteiger partial charge in [-0.1, -0.05) is 0 Å². The highest BCUT2D eigenvalue weighted by Crippen LogP contribution is 2.18. The molecular formula is C15H21N5O5. The number of anilines is 1. The van der Waals surface area contributed by atoms with Gasteiger partial charge in [0.1, 0.15) is 22.1 Å². The minimum atomic E-state index is -0.602. The number of nitrogens with zero attached hydrogens (tertiary/aromatic N) is 3. The quantitative estimate of drug-likeness (QED) is 0.605. The Morgan fingerprint density at radius 2 is 2.12 bits per heavy atom. The van der Waals surface area contributed by atoms with Crippen LogP contribution in [-0.4, -0.2) is 26.4 Å². The van der Waals surface area contributed by atoms with E-state index in [1.54, 1.807) is 34.0 Å². The smallest absolute Gasteiger partial charge is 0.433 e. The maximum atomic E-state index is 11.9. The summed E-state index contributed by atoms with van der Waals surface area (Å²) >= 11 is 0. The molecule has 0 saturated heterocycles.